The van der Waals surface area contributed by atoms with Gasteiger partial charge in [-0.2, -0.15) is 0 Å². The standard InChI is InChI=1S/C35H45FN2O4/c1-33(2,32(40)41)23-11-14-29(27(17-23)26-9-5-10-28(36)30(26)22-7-4-8-22)42-25-13-12-24(18-25)38-31(39)34(3)19-35(15-6-16-35)21-37-20-34/h5,9-11,14,17,22,24-25,37H,4,6-8,12-13,15-16,18-21H2,1-3H3,(H,38,39)(H,40,41)/t24?,25-,34-/m1/s1. The van der Waals surface area contributed by atoms with E-state index in [1.165, 1.54) is 25.3 Å². The van der Waals surface area contributed by atoms with Gasteiger partial charge in [-0.1, -0.05) is 31.0 Å². The molecule has 2 aromatic rings. The Bertz CT molecular complexity index is 1360. The number of carbonyl (C=O) groups excluding carboxylic acids is 1. The third kappa shape index (κ3) is 5.34. The Morgan fingerprint density at radius 2 is 1.83 bits per heavy atom. The molecular weight excluding hydrogens is 531 g/mol. The molecule has 6 nitrogen and oxygen atoms in total. The molecule has 3 saturated carbocycles. The lowest BCUT2D eigenvalue weighted by atomic mass is 9.58. The smallest absolute Gasteiger partial charge is 0.313 e. The average Bonchev–Trinajstić information content (AvgIpc) is 3.34. The molecule has 1 aliphatic heterocycles. The van der Waals surface area contributed by atoms with Gasteiger partial charge in [0.05, 0.1) is 10.8 Å². The molecule has 4 aliphatic rings. The van der Waals surface area contributed by atoms with E-state index >= 15 is 4.39 Å². The molecule has 3 N–H and O–H groups in total. The van der Waals surface area contributed by atoms with E-state index in [-0.39, 0.29) is 29.8 Å². The summed E-state index contributed by atoms with van der Waals surface area (Å²) in [7, 11) is 0. The van der Waals surface area contributed by atoms with Crippen molar-refractivity contribution in [2.75, 3.05) is 13.1 Å². The van der Waals surface area contributed by atoms with Crippen LogP contribution >= 0.6 is 0 Å². The highest BCUT2D eigenvalue weighted by molar-refractivity contribution is 5.84. The maximum absolute atomic E-state index is 15.3. The highest BCUT2D eigenvalue weighted by atomic mass is 19.1. The summed E-state index contributed by atoms with van der Waals surface area (Å²) in [5, 5.41) is 16.8. The SMILES string of the molecule is CC(C)(C(=O)O)c1ccc(O[C@@H]2CCC(NC(=O)[C@@]3(C)CNCC4(CCC4)C3)C2)c(-c2cccc(F)c2C2CCC2)c1. The Balaban J connectivity index is 1.22. The molecule has 1 heterocycles. The second kappa shape index (κ2) is 11.0. The molecule has 3 aliphatic carbocycles. The van der Waals surface area contributed by atoms with Gasteiger partial charge in [0.2, 0.25) is 5.91 Å². The molecule has 2 aromatic carbocycles. The predicted octanol–water partition coefficient (Wildman–Crippen LogP) is 6.71. The van der Waals surface area contributed by atoms with Crippen molar-refractivity contribution in [3.8, 4) is 16.9 Å². The van der Waals surface area contributed by atoms with Gasteiger partial charge in [0, 0.05) is 31.1 Å². The second-order valence-corrected chi connectivity index (χ2v) is 14.4. The first-order chi connectivity index (χ1) is 20.0. The first-order valence-corrected chi connectivity index (χ1v) is 15.8. The van der Waals surface area contributed by atoms with E-state index in [1.807, 2.05) is 24.3 Å². The second-order valence-electron chi connectivity index (χ2n) is 14.4. The van der Waals surface area contributed by atoms with E-state index in [9.17, 15) is 14.7 Å². The molecule has 1 saturated heterocycles. The van der Waals surface area contributed by atoms with Gasteiger partial charge in [-0.25, -0.2) is 4.39 Å². The number of piperidine rings is 1. The van der Waals surface area contributed by atoms with Crippen molar-refractivity contribution in [2.24, 2.45) is 10.8 Å². The Hall–Kier alpha value is -2.93. The molecular formula is C35H45FN2O4. The molecule has 1 spiro atoms. The number of halogens is 1. The van der Waals surface area contributed by atoms with Crippen LogP contribution in [0, 0.1) is 16.6 Å². The van der Waals surface area contributed by atoms with Crippen molar-refractivity contribution < 1.29 is 23.8 Å². The highest BCUT2D eigenvalue weighted by Crippen LogP contribution is 2.51. The lowest BCUT2D eigenvalue weighted by molar-refractivity contribution is -0.142. The summed E-state index contributed by atoms with van der Waals surface area (Å²) in [5.41, 5.74) is 1.66. The maximum Gasteiger partial charge on any atom is 0.313 e. The minimum Gasteiger partial charge on any atom is -0.490 e. The molecule has 1 unspecified atom stereocenters. The van der Waals surface area contributed by atoms with Crippen LogP contribution in [0.25, 0.3) is 11.1 Å². The number of amides is 1. The number of ether oxygens (including phenoxy) is 1. The summed E-state index contributed by atoms with van der Waals surface area (Å²) in [6.45, 7) is 7.21. The van der Waals surface area contributed by atoms with Crippen molar-refractivity contribution in [1.82, 2.24) is 10.6 Å². The summed E-state index contributed by atoms with van der Waals surface area (Å²) in [4.78, 5) is 25.6. The van der Waals surface area contributed by atoms with E-state index in [0.29, 0.717) is 35.3 Å². The fourth-order valence-corrected chi connectivity index (χ4v) is 7.70. The molecule has 42 heavy (non-hydrogen) atoms. The monoisotopic (exact) mass is 576 g/mol. The van der Waals surface area contributed by atoms with Crippen molar-refractivity contribution >= 4 is 11.9 Å². The summed E-state index contributed by atoms with van der Waals surface area (Å²) in [6.07, 6.45) is 9.88. The first-order valence-electron chi connectivity index (χ1n) is 15.8. The Kier molecular flexibility index (Phi) is 7.61. The third-order valence-corrected chi connectivity index (χ3v) is 10.8. The minimum absolute atomic E-state index is 0.0481. The average molecular weight is 577 g/mol. The van der Waals surface area contributed by atoms with Crippen molar-refractivity contribution in [1.29, 1.82) is 0 Å². The maximum atomic E-state index is 15.3. The summed E-state index contributed by atoms with van der Waals surface area (Å²) < 4.78 is 21.9. The minimum atomic E-state index is -1.11. The van der Waals surface area contributed by atoms with Crippen molar-refractivity contribution in [2.45, 2.75) is 108 Å². The van der Waals surface area contributed by atoms with Crippen LogP contribution in [0.3, 0.4) is 0 Å². The van der Waals surface area contributed by atoms with E-state index < -0.39 is 16.8 Å². The number of hydrogen-bond donors (Lipinski definition) is 3. The van der Waals surface area contributed by atoms with E-state index in [2.05, 4.69) is 17.6 Å². The number of aliphatic carboxylic acids is 1. The van der Waals surface area contributed by atoms with Crippen LogP contribution in [0.15, 0.2) is 36.4 Å². The summed E-state index contributed by atoms with van der Waals surface area (Å²) in [6, 6.07) is 10.8. The van der Waals surface area contributed by atoms with Crippen LogP contribution in [0.4, 0.5) is 4.39 Å². The molecule has 1 amide bonds. The first kappa shape index (κ1) is 29.2. The van der Waals surface area contributed by atoms with Crippen LogP contribution in [-0.4, -0.2) is 42.2 Å². The van der Waals surface area contributed by atoms with Crippen LogP contribution in [0.5, 0.6) is 5.75 Å². The van der Waals surface area contributed by atoms with Crippen molar-refractivity contribution in [3.05, 3.63) is 53.3 Å². The van der Waals surface area contributed by atoms with Gasteiger partial charge in [-0.05, 0) is 112 Å². The Labute approximate surface area is 248 Å². The Morgan fingerprint density at radius 3 is 2.50 bits per heavy atom. The number of carbonyl (C=O) groups is 2. The third-order valence-electron chi connectivity index (χ3n) is 10.8. The van der Waals surface area contributed by atoms with Gasteiger partial charge in [0.15, 0.2) is 0 Å². The number of rotatable bonds is 8. The highest BCUT2D eigenvalue weighted by Gasteiger charge is 2.49. The van der Waals surface area contributed by atoms with Gasteiger partial charge >= 0.3 is 5.97 Å². The lowest BCUT2D eigenvalue weighted by Crippen LogP contribution is -2.58. The van der Waals surface area contributed by atoms with Crippen LogP contribution in [-0.2, 0) is 15.0 Å². The fourth-order valence-electron chi connectivity index (χ4n) is 7.70. The van der Waals surface area contributed by atoms with Crippen LogP contribution in [0.1, 0.15) is 102 Å². The molecule has 7 heteroatoms. The predicted molar refractivity (Wildman–Crippen MR) is 161 cm³/mol. The molecule has 4 fully saturated rings. The summed E-state index contributed by atoms with van der Waals surface area (Å²) >= 11 is 0. The van der Waals surface area contributed by atoms with Gasteiger partial charge < -0.3 is 20.5 Å². The number of carboxylic acids is 1. The van der Waals surface area contributed by atoms with E-state index in [0.717, 1.165) is 56.2 Å². The molecule has 3 atom stereocenters. The number of hydrogen-bond acceptors (Lipinski definition) is 4. The lowest BCUT2D eigenvalue weighted by Gasteiger charge is -2.51. The molecule has 0 radical (unpaired) electrons. The quantitative estimate of drug-likeness (QED) is 0.325. The molecule has 0 aromatic heterocycles. The molecule has 6 rings (SSSR count). The zero-order chi connectivity index (χ0) is 29.7. The van der Waals surface area contributed by atoms with E-state index in [4.69, 9.17) is 4.74 Å². The number of carboxylic acid groups (broad SMARTS) is 1. The van der Waals surface area contributed by atoms with Gasteiger partial charge in [0.1, 0.15) is 17.7 Å². The number of nitrogens with one attached hydrogen (secondary N) is 2. The van der Waals surface area contributed by atoms with Crippen LogP contribution < -0.4 is 15.4 Å². The molecule has 226 valence electrons. The van der Waals surface area contributed by atoms with Gasteiger partial charge in [-0.3, -0.25) is 9.59 Å². The zero-order valence-electron chi connectivity index (χ0n) is 25.2. The van der Waals surface area contributed by atoms with Gasteiger partial charge in [-0.15, -0.1) is 0 Å². The largest absolute Gasteiger partial charge is 0.490 e. The zero-order valence-corrected chi connectivity index (χ0v) is 25.2. The summed E-state index contributed by atoms with van der Waals surface area (Å²) in [5.74, 6) is -0.203. The topological polar surface area (TPSA) is 87.7 Å². The Morgan fingerprint density at radius 1 is 1.05 bits per heavy atom. The van der Waals surface area contributed by atoms with Crippen LogP contribution in [0.2, 0.25) is 0 Å². The van der Waals surface area contributed by atoms with E-state index in [1.54, 1.807) is 19.9 Å². The molecule has 0 bridgehead atoms. The normalized spacial score (nSPS) is 27.2. The van der Waals surface area contributed by atoms with Crippen molar-refractivity contribution in [3.63, 3.8) is 0 Å². The fraction of sp³-hybridized carbons (Fsp3) is 0.600. The van der Waals surface area contributed by atoms with Gasteiger partial charge in [0.25, 0.3) is 0 Å². The number of benzene rings is 2.